The summed E-state index contributed by atoms with van der Waals surface area (Å²) >= 11 is 0. The lowest BCUT2D eigenvalue weighted by molar-refractivity contribution is 0.0907. The zero-order valence-corrected chi connectivity index (χ0v) is 14.0. The molecule has 4 rings (SSSR count). The molecule has 0 radical (unpaired) electrons. The van der Waals surface area contributed by atoms with Gasteiger partial charge in [0.2, 0.25) is 0 Å². The second-order valence-electron chi connectivity index (χ2n) is 6.54. The van der Waals surface area contributed by atoms with Crippen molar-refractivity contribution >= 4 is 16.7 Å². The molecule has 0 aliphatic heterocycles. The molecule has 2 aromatic carbocycles. The van der Waals surface area contributed by atoms with E-state index < -0.39 is 0 Å². The quantitative estimate of drug-likeness (QED) is 0.719. The molecule has 1 aliphatic rings. The van der Waals surface area contributed by atoms with Gasteiger partial charge in [0.1, 0.15) is 18.1 Å². The van der Waals surface area contributed by atoms with E-state index in [9.17, 15) is 4.79 Å². The summed E-state index contributed by atoms with van der Waals surface area (Å²) in [5.41, 5.74) is 0. The maximum absolute atomic E-state index is 12.1. The van der Waals surface area contributed by atoms with E-state index in [4.69, 9.17) is 9.15 Å². The number of nitrogens with one attached hydrogen (secondary N) is 1. The molecule has 128 valence electrons. The number of hydrogen-bond donors (Lipinski definition) is 1. The van der Waals surface area contributed by atoms with Crippen molar-refractivity contribution in [2.45, 2.75) is 25.9 Å². The molecule has 1 aliphatic carbocycles. The molecule has 1 heterocycles. The lowest BCUT2D eigenvalue weighted by atomic mass is 9.85. The fourth-order valence-corrected chi connectivity index (χ4v) is 3.07. The van der Waals surface area contributed by atoms with Crippen LogP contribution in [0.5, 0.6) is 5.75 Å². The number of carbonyl (C=O) groups is 1. The van der Waals surface area contributed by atoms with Gasteiger partial charge in [-0.2, -0.15) is 0 Å². The largest absolute Gasteiger partial charge is 0.485 e. The Morgan fingerprint density at radius 2 is 1.92 bits per heavy atom. The predicted octanol–water partition coefficient (Wildman–Crippen LogP) is 4.54. The summed E-state index contributed by atoms with van der Waals surface area (Å²) in [6, 6.07) is 17.6. The first-order valence-corrected chi connectivity index (χ1v) is 8.77. The number of carbonyl (C=O) groups excluding carboxylic acids is 1. The fourth-order valence-electron chi connectivity index (χ4n) is 3.07. The molecule has 1 fully saturated rings. The Morgan fingerprint density at radius 1 is 1.08 bits per heavy atom. The third-order valence-electron chi connectivity index (χ3n) is 4.78. The number of furan rings is 1. The van der Waals surface area contributed by atoms with E-state index in [0.29, 0.717) is 24.0 Å². The zero-order valence-electron chi connectivity index (χ0n) is 14.0. The van der Waals surface area contributed by atoms with E-state index in [1.165, 1.54) is 19.3 Å². The Labute approximate surface area is 146 Å². The fraction of sp³-hybridized carbons (Fsp3) is 0.286. The number of fused-ring (bicyclic) bond motifs is 1. The molecule has 0 saturated heterocycles. The third-order valence-corrected chi connectivity index (χ3v) is 4.78. The molecule has 1 amide bonds. The van der Waals surface area contributed by atoms with Crippen LogP contribution in [0.2, 0.25) is 0 Å². The van der Waals surface area contributed by atoms with Crippen molar-refractivity contribution in [2.24, 2.45) is 5.92 Å². The molecular weight excluding hydrogens is 314 g/mol. The molecule has 0 spiro atoms. The highest BCUT2D eigenvalue weighted by molar-refractivity contribution is 5.91. The van der Waals surface area contributed by atoms with E-state index in [2.05, 4.69) is 17.4 Å². The normalized spacial score (nSPS) is 14.2. The lowest BCUT2D eigenvalue weighted by Gasteiger charge is -2.25. The smallest absolute Gasteiger partial charge is 0.287 e. The molecule has 1 N–H and O–H groups in total. The SMILES string of the molecule is O=C(NCC1CCC1)c1ccc(COc2cccc3ccccc23)o1. The number of hydrogen-bond acceptors (Lipinski definition) is 3. The number of amides is 1. The Bertz CT molecular complexity index is 874. The van der Waals surface area contributed by atoms with Crippen LogP contribution in [0.1, 0.15) is 35.6 Å². The number of rotatable bonds is 6. The van der Waals surface area contributed by atoms with Crippen LogP contribution in [0.15, 0.2) is 59.0 Å². The van der Waals surface area contributed by atoms with Gasteiger partial charge >= 0.3 is 0 Å². The van der Waals surface area contributed by atoms with Crippen molar-refractivity contribution in [3.8, 4) is 5.75 Å². The Morgan fingerprint density at radius 3 is 2.76 bits per heavy atom. The third kappa shape index (κ3) is 3.53. The van der Waals surface area contributed by atoms with Crippen molar-refractivity contribution < 1.29 is 13.9 Å². The highest BCUT2D eigenvalue weighted by atomic mass is 16.5. The maximum Gasteiger partial charge on any atom is 0.287 e. The Kier molecular flexibility index (Phi) is 4.42. The minimum Gasteiger partial charge on any atom is -0.485 e. The highest BCUT2D eigenvalue weighted by Crippen LogP contribution is 2.26. The second-order valence-corrected chi connectivity index (χ2v) is 6.54. The van der Waals surface area contributed by atoms with Crippen LogP contribution in [-0.4, -0.2) is 12.5 Å². The van der Waals surface area contributed by atoms with Crippen molar-refractivity contribution in [3.05, 3.63) is 66.1 Å². The van der Waals surface area contributed by atoms with Gasteiger partial charge in [0.15, 0.2) is 5.76 Å². The monoisotopic (exact) mass is 335 g/mol. The van der Waals surface area contributed by atoms with Gasteiger partial charge < -0.3 is 14.5 Å². The van der Waals surface area contributed by atoms with E-state index in [1.54, 1.807) is 12.1 Å². The van der Waals surface area contributed by atoms with Crippen LogP contribution >= 0.6 is 0 Å². The topological polar surface area (TPSA) is 51.5 Å². The molecule has 1 aromatic heterocycles. The average molecular weight is 335 g/mol. The summed E-state index contributed by atoms with van der Waals surface area (Å²) in [6.07, 6.45) is 3.70. The van der Waals surface area contributed by atoms with Gasteiger partial charge in [-0.05, 0) is 42.3 Å². The summed E-state index contributed by atoms with van der Waals surface area (Å²) < 4.78 is 11.5. The van der Waals surface area contributed by atoms with E-state index in [0.717, 1.165) is 23.1 Å². The summed E-state index contributed by atoms with van der Waals surface area (Å²) in [4.78, 5) is 12.1. The van der Waals surface area contributed by atoms with Gasteiger partial charge in [-0.3, -0.25) is 4.79 Å². The van der Waals surface area contributed by atoms with Crippen LogP contribution in [-0.2, 0) is 6.61 Å². The Hall–Kier alpha value is -2.75. The van der Waals surface area contributed by atoms with Crippen LogP contribution in [0.25, 0.3) is 10.8 Å². The van der Waals surface area contributed by atoms with E-state index >= 15 is 0 Å². The first-order chi connectivity index (χ1) is 12.3. The molecule has 3 aromatic rings. The van der Waals surface area contributed by atoms with Gasteiger partial charge in [-0.1, -0.05) is 42.8 Å². The van der Waals surface area contributed by atoms with Gasteiger partial charge in [0.05, 0.1) is 0 Å². The number of ether oxygens (including phenoxy) is 1. The molecule has 4 heteroatoms. The zero-order chi connectivity index (χ0) is 17.1. The minimum absolute atomic E-state index is 0.150. The van der Waals surface area contributed by atoms with Crippen LogP contribution in [0.3, 0.4) is 0 Å². The summed E-state index contributed by atoms with van der Waals surface area (Å²) in [7, 11) is 0. The van der Waals surface area contributed by atoms with Crippen LogP contribution < -0.4 is 10.1 Å². The molecule has 0 bridgehead atoms. The van der Waals surface area contributed by atoms with Gasteiger partial charge in [-0.15, -0.1) is 0 Å². The summed E-state index contributed by atoms with van der Waals surface area (Å²) in [5.74, 6) is 2.28. The minimum atomic E-state index is -0.150. The molecule has 1 saturated carbocycles. The molecule has 0 atom stereocenters. The van der Waals surface area contributed by atoms with Gasteiger partial charge in [0, 0.05) is 11.9 Å². The first kappa shape index (κ1) is 15.8. The molecule has 0 unspecified atom stereocenters. The summed E-state index contributed by atoms with van der Waals surface area (Å²) in [6.45, 7) is 1.03. The van der Waals surface area contributed by atoms with Crippen molar-refractivity contribution in [1.82, 2.24) is 5.32 Å². The lowest BCUT2D eigenvalue weighted by Crippen LogP contribution is -2.31. The standard InChI is InChI=1S/C21H21NO3/c23-21(22-13-15-5-3-6-15)20-12-11-17(25-20)14-24-19-10-4-8-16-7-1-2-9-18(16)19/h1-2,4,7-12,15H,3,5-6,13-14H2,(H,22,23). The van der Waals surface area contributed by atoms with E-state index in [-0.39, 0.29) is 5.91 Å². The van der Waals surface area contributed by atoms with Crippen molar-refractivity contribution in [2.75, 3.05) is 6.54 Å². The van der Waals surface area contributed by atoms with E-state index in [1.807, 2.05) is 30.3 Å². The maximum atomic E-state index is 12.1. The van der Waals surface area contributed by atoms with Crippen LogP contribution in [0.4, 0.5) is 0 Å². The van der Waals surface area contributed by atoms with Crippen molar-refractivity contribution in [3.63, 3.8) is 0 Å². The predicted molar refractivity (Wildman–Crippen MR) is 96.7 cm³/mol. The average Bonchev–Trinajstić information content (AvgIpc) is 3.07. The summed E-state index contributed by atoms with van der Waals surface area (Å²) in [5, 5.41) is 5.14. The number of benzene rings is 2. The Balaban J connectivity index is 1.38. The van der Waals surface area contributed by atoms with Crippen molar-refractivity contribution in [1.29, 1.82) is 0 Å². The van der Waals surface area contributed by atoms with Gasteiger partial charge in [0.25, 0.3) is 5.91 Å². The highest BCUT2D eigenvalue weighted by Gasteiger charge is 2.19. The molecule has 25 heavy (non-hydrogen) atoms. The molecular formula is C21H21NO3. The van der Waals surface area contributed by atoms with Gasteiger partial charge in [-0.25, -0.2) is 0 Å². The molecule has 4 nitrogen and oxygen atoms in total. The second kappa shape index (κ2) is 7.01. The van der Waals surface area contributed by atoms with Crippen LogP contribution in [0, 0.1) is 5.92 Å². The first-order valence-electron chi connectivity index (χ1n) is 8.77.